The summed E-state index contributed by atoms with van der Waals surface area (Å²) in [5, 5.41) is 4.15. The standard InChI is InChI=1S/C11H12N2O2S2/c14-17(15)6-9-10(7-17)16-11(13-9)12-8-4-2-1-3-5-8/h1-5,9-10H,6-7H2,(H,12,13)/t9-,10-/m0/s1. The van der Waals surface area contributed by atoms with Crippen molar-refractivity contribution in [1.29, 1.82) is 0 Å². The molecule has 1 saturated heterocycles. The van der Waals surface area contributed by atoms with E-state index in [1.807, 2.05) is 30.3 Å². The molecule has 0 aromatic heterocycles. The van der Waals surface area contributed by atoms with Gasteiger partial charge in [-0.1, -0.05) is 30.0 Å². The molecule has 2 atom stereocenters. The second-order valence-corrected chi connectivity index (χ2v) is 7.61. The zero-order chi connectivity index (χ0) is 11.9. The van der Waals surface area contributed by atoms with Gasteiger partial charge in [-0.15, -0.1) is 0 Å². The van der Waals surface area contributed by atoms with Crippen molar-refractivity contribution < 1.29 is 8.42 Å². The Balaban J connectivity index is 1.73. The van der Waals surface area contributed by atoms with Crippen molar-refractivity contribution in [2.45, 2.75) is 11.3 Å². The van der Waals surface area contributed by atoms with Gasteiger partial charge >= 0.3 is 0 Å². The molecule has 17 heavy (non-hydrogen) atoms. The summed E-state index contributed by atoms with van der Waals surface area (Å²) in [6.07, 6.45) is 0. The number of aliphatic imine (C=N–C) groups is 1. The number of fused-ring (bicyclic) bond motifs is 1. The van der Waals surface area contributed by atoms with Gasteiger partial charge in [0.1, 0.15) is 0 Å². The first-order valence-corrected chi connectivity index (χ1v) is 8.09. The van der Waals surface area contributed by atoms with E-state index in [1.54, 1.807) is 0 Å². The molecule has 4 nitrogen and oxygen atoms in total. The smallest absolute Gasteiger partial charge is 0.161 e. The van der Waals surface area contributed by atoms with Gasteiger partial charge in [0.15, 0.2) is 15.0 Å². The molecule has 0 aliphatic carbocycles. The number of anilines is 1. The van der Waals surface area contributed by atoms with Gasteiger partial charge in [0.25, 0.3) is 0 Å². The predicted molar refractivity (Wildman–Crippen MR) is 71.3 cm³/mol. The number of nitrogens with one attached hydrogen (secondary N) is 1. The van der Waals surface area contributed by atoms with Crippen molar-refractivity contribution in [3.8, 4) is 0 Å². The van der Waals surface area contributed by atoms with E-state index < -0.39 is 9.84 Å². The highest BCUT2D eigenvalue weighted by molar-refractivity contribution is 8.15. The van der Waals surface area contributed by atoms with Crippen LogP contribution in [-0.4, -0.2) is 36.4 Å². The van der Waals surface area contributed by atoms with Gasteiger partial charge in [0.05, 0.1) is 17.5 Å². The number of nitrogens with zero attached hydrogens (tertiary/aromatic N) is 1. The molecule has 2 aliphatic heterocycles. The monoisotopic (exact) mass is 268 g/mol. The topological polar surface area (TPSA) is 58.5 Å². The van der Waals surface area contributed by atoms with Crippen LogP contribution < -0.4 is 5.32 Å². The van der Waals surface area contributed by atoms with Crippen molar-refractivity contribution in [1.82, 2.24) is 0 Å². The summed E-state index contributed by atoms with van der Waals surface area (Å²) < 4.78 is 22.8. The molecule has 1 N–H and O–H groups in total. The predicted octanol–water partition coefficient (Wildman–Crippen LogP) is 1.37. The molecule has 0 saturated carbocycles. The Morgan fingerprint density at radius 2 is 2.00 bits per heavy atom. The van der Waals surface area contributed by atoms with E-state index in [0.717, 1.165) is 10.9 Å². The molecule has 1 aromatic rings. The average Bonchev–Trinajstić information content (AvgIpc) is 2.72. The van der Waals surface area contributed by atoms with Crippen molar-refractivity contribution >= 4 is 32.5 Å². The van der Waals surface area contributed by atoms with Crippen LogP contribution in [0.15, 0.2) is 35.3 Å². The first-order valence-electron chi connectivity index (χ1n) is 5.39. The summed E-state index contributed by atoms with van der Waals surface area (Å²) >= 11 is 1.54. The molecule has 2 aliphatic rings. The maximum absolute atomic E-state index is 11.4. The summed E-state index contributed by atoms with van der Waals surface area (Å²) in [6.45, 7) is 0. The number of sulfone groups is 1. The summed E-state index contributed by atoms with van der Waals surface area (Å²) in [6, 6.07) is 9.73. The third kappa shape index (κ3) is 2.32. The van der Waals surface area contributed by atoms with Crippen LogP contribution in [0.1, 0.15) is 0 Å². The van der Waals surface area contributed by atoms with Gasteiger partial charge < -0.3 is 5.32 Å². The normalized spacial score (nSPS) is 29.8. The van der Waals surface area contributed by atoms with Gasteiger partial charge in [-0.05, 0) is 12.1 Å². The lowest BCUT2D eigenvalue weighted by molar-refractivity contribution is 0.601. The molecule has 0 radical (unpaired) electrons. The molecule has 1 aromatic carbocycles. The molecule has 90 valence electrons. The third-order valence-corrected chi connectivity index (χ3v) is 5.98. The lowest BCUT2D eigenvalue weighted by atomic mass is 10.3. The second kappa shape index (κ2) is 4.03. The van der Waals surface area contributed by atoms with Gasteiger partial charge in [0.2, 0.25) is 0 Å². The molecule has 2 heterocycles. The number of amidine groups is 1. The van der Waals surface area contributed by atoms with Crippen LogP contribution in [0, 0.1) is 0 Å². The fourth-order valence-corrected chi connectivity index (χ4v) is 5.74. The van der Waals surface area contributed by atoms with Crippen molar-refractivity contribution in [2.75, 3.05) is 16.8 Å². The Kier molecular flexibility index (Phi) is 2.63. The highest BCUT2D eigenvalue weighted by atomic mass is 32.2. The van der Waals surface area contributed by atoms with Crippen LogP contribution >= 0.6 is 11.8 Å². The maximum Gasteiger partial charge on any atom is 0.161 e. The van der Waals surface area contributed by atoms with E-state index >= 15 is 0 Å². The highest BCUT2D eigenvalue weighted by Gasteiger charge is 2.42. The zero-order valence-electron chi connectivity index (χ0n) is 9.04. The lowest BCUT2D eigenvalue weighted by Gasteiger charge is -2.05. The Hall–Kier alpha value is -1.01. The minimum Gasteiger partial charge on any atom is -0.335 e. The van der Waals surface area contributed by atoms with Crippen LogP contribution in [0.4, 0.5) is 5.69 Å². The van der Waals surface area contributed by atoms with E-state index in [9.17, 15) is 8.42 Å². The van der Waals surface area contributed by atoms with E-state index in [4.69, 9.17) is 0 Å². The lowest BCUT2D eigenvalue weighted by Crippen LogP contribution is -2.13. The molecule has 0 amide bonds. The first-order chi connectivity index (χ1) is 8.12. The minimum absolute atomic E-state index is 0.0591. The maximum atomic E-state index is 11.4. The van der Waals surface area contributed by atoms with Crippen molar-refractivity contribution in [3.63, 3.8) is 0 Å². The Bertz CT molecular complexity index is 554. The molecule has 1 fully saturated rings. The summed E-state index contributed by atoms with van der Waals surface area (Å²) in [5.41, 5.74) is 0.988. The largest absolute Gasteiger partial charge is 0.335 e. The molecule has 3 rings (SSSR count). The van der Waals surface area contributed by atoms with Crippen molar-refractivity contribution in [3.05, 3.63) is 30.3 Å². The number of para-hydroxylation sites is 1. The van der Waals surface area contributed by atoms with Gasteiger partial charge in [-0.3, -0.25) is 4.99 Å². The molecule has 0 bridgehead atoms. The Labute approximate surface area is 104 Å². The molecule has 6 heteroatoms. The quantitative estimate of drug-likeness (QED) is 0.835. The molecule has 0 unspecified atom stereocenters. The Morgan fingerprint density at radius 1 is 1.24 bits per heavy atom. The van der Waals surface area contributed by atoms with Crippen LogP contribution in [0.5, 0.6) is 0 Å². The second-order valence-electron chi connectivity index (χ2n) is 4.23. The zero-order valence-corrected chi connectivity index (χ0v) is 10.7. The number of rotatable bonds is 1. The Morgan fingerprint density at radius 3 is 2.71 bits per heavy atom. The molecular formula is C11H12N2O2S2. The summed E-state index contributed by atoms with van der Waals surface area (Å²) in [4.78, 5) is 4.43. The van der Waals surface area contributed by atoms with E-state index in [1.165, 1.54) is 11.8 Å². The number of hydrogen-bond acceptors (Lipinski definition) is 5. The van der Waals surface area contributed by atoms with E-state index in [2.05, 4.69) is 10.3 Å². The van der Waals surface area contributed by atoms with Crippen LogP contribution in [-0.2, 0) is 9.84 Å². The fraction of sp³-hybridized carbons (Fsp3) is 0.364. The summed E-state index contributed by atoms with van der Waals surface area (Å²) in [7, 11) is -2.86. The third-order valence-electron chi connectivity index (χ3n) is 2.84. The fourth-order valence-electron chi connectivity index (χ4n) is 2.06. The summed E-state index contributed by atoms with van der Waals surface area (Å²) in [5.74, 6) is 0.455. The number of benzene rings is 1. The molecule has 0 spiro atoms. The first kappa shape index (κ1) is 11.1. The van der Waals surface area contributed by atoms with Gasteiger partial charge in [-0.2, -0.15) is 0 Å². The highest BCUT2D eigenvalue weighted by Crippen LogP contribution is 2.34. The van der Waals surface area contributed by atoms with Crippen molar-refractivity contribution in [2.24, 2.45) is 4.99 Å². The van der Waals surface area contributed by atoms with Crippen LogP contribution in [0.3, 0.4) is 0 Å². The molecular weight excluding hydrogens is 256 g/mol. The van der Waals surface area contributed by atoms with Gasteiger partial charge in [-0.25, -0.2) is 8.42 Å². The van der Waals surface area contributed by atoms with E-state index in [0.29, 0.717) is 0 Å². The van der Waals surface area contributed by atoms with Crippen LogP contribution in [0.2, 0.25) is 0 Å². The number of hydrogen-bond donors (Lipinski definition) is 1. The minimum atomic E-state index is -2.86. The van der Waals surface area contributed by atoms with Gasteiger partial charge in [0, 0.05) is 10.9 Å². The SMILES string of the molecule is O=S1(=O)C[C@@H]2N=C(Nc3ccccc3)S[C@H]2C1. The average molecular weight is 268 g/mol. The van der Waals surface area contributed by atoms with Crippen LogP contribution in [0.25, 0.3) is 0 Å². The van der Waals surface area contributed by atoms with E-state index in [-0.39, 0.29) is 22.8 Å². The number of thioether (sulfide) groups is 1.